The molecule has 0 aliphatic carbocycles. The van der Waals surface area contributed by atoms with Crippen molar-refractivity contribution in [1.29, 1.82) is 0 Å². The second-order valence-corrected chi connectivity index (χ2v) is 3.46. The Bertz CT molecular complexity index is 346. The van der Waals surface area contributed by atoms with E-state index >= 15 is 0 Å². The van der Waals surface area contributed by atoms with Gasteiger partial charge < -0.3 is 0 Å². The van der Waals surface area contributed by atoms with Gasteiger partial charge >= 0.3 is 0 Å². The van der Waals surface area contributed by atoms with Crippen molar-refractivity contribution in [3.05, 3.63) is 41.5 Å². The van der Waals surface area contributed by atoms with Crippen LogP contribution in [0.5, 0.6) is 0 Å². The molecule has 80 valence electrons. The summed E-state index contributed by atoms with van der Waals surface area (Å²) in [6.07, 6.45) is 4.99. The highest BCUT2D eigenvalue weighted by molar-refractivity contribution is 7.80. The van der Waals surface area contributed by atoms with Crippen molar-refractivity contribution in [3.8, 4) is 0 Å². The lowest BCUT2D eigenvalue weighted by atomic mass is 10.1. The van der Waals surface area contributed by atoms with Crippen LogP contribution in [0.15, 0.2) is 30.3 Å². The minimum Gasteiger partial charge on any atom is -0.290 e. The molecule has 3 N–H and O–H groups in total. The molecule has 0 aromatic heterocycles. The Labute approximate surface area is 94.7 Å². The molecule has 0 saturated heterocycles. The second kappa shape index (κ2) is 6.27. The zero-order chi connectivity index (χ0) is 11.1. The number of carbonyl (C=O) groups excluding carboxylic acids is 1. The van der Waals surface area contributed by atoms with Crippen LogP contribution in [0.3, 0.4) is 0 Å². The standard InChI is InChI=1S/C11H14N2OS/c12-13-11(14)10-6-4-9(5-7-10)3-1-2-8-15/h1,3-7,15H,2,8,12H2,(H,13,14). The van der Waals surface area contributed by atoms with Crippen molar-refractivity contribution in [2.24, 2.45) is 5.84 Å². The quantitative estimate of drug-likeness (QED) is 0.314. The molecule has 4 heteroatoms. The fourth-order valence-electron chi connectivity index (χ4n) is 1.12. The Morgan fingerprint density at radius 1 is 1.40 bits per heavy atom. The molecule has 0 spiro atoms. The lowest BCUT2D eigenvalue weighted by Gasteiger charge is -1.99. The molecule has 0 bridgehead atoms. The monoisotopic (exact) mass is 222 g/mol. The molecule has 0 radical (unpaired) electrons. The van der Waals surface area contributed by atoms with Crippen LogP contribution < -0.4 is 11.3 Å². The van der Waals surface area contributed by atoms with E-state index in [1.165, 1.54) is 0 Å². The first-order valence-corrected chi connectivity index (χ1v) is 5.29. The SMILES string of the molecule is NNC(=O)c1ccc(C=CCCS)cc1. The third-order valence-electron chi connectivity index (χ3n) is 1.91. The Hall–Kier alpha value is -1.26. The number of hydrazine groups is 1. The van der Waals surface area contributed by atoms with Crippen molar-refractivity contribution < 1.29 is 4.79 Å². The number of nitrogens with one attached hydrogen (secondary N) is 1. The molecule has 0 unspecified atom stereocenters. The molecule has 0 saturated carbocycles. The van der Waals surface area contributed by atoms with Crippen LogP contribution in [-0.4, -0.2) is 11.7 Å². The maximum absolute atomic E-state index is 11.1. The number of hydrogen-bond acceptors (Lipinski definition) is 3. The van der Waals surface area contributed by atoms with E-state index in [0.29, 0.717) is 5.56 Å². The molecule has 1 rings (SSSR count). The molecule has 15 heavy (non-hydrogen) atoms. The zero-order valence-electron chi connectivity index (χ0n) is 8.31. The second-order valence-electron chi connectivity index (χ2n) is 3.01. The molecule has 3 nitrogen and oxygen atoms in total. The average Bonchev–Trinajstić information content (AvgIpc) is 2.29. The van der Waals surface area contributed by atoms with Crippen molar-refractivity contribution in [1.82, 2.24) is 5.43 Å². The molecule has 0 heterocycles. The summed E-state index contributed by atoms with van der Waals surface area (Å²) in [6.45, 7) is 0. The summed E-state index contributed by atoms with van der Waals surface area (Å²) in [5, 5.41) is 0. The van der Waals surface area contributed by atoms with E-state index in [0.717, 1.165) is 17.7 Å². The van der Waals surface area contributed by atoms with Gasteiger partial charge in [0.25, 0.3) is 5.91 Å². The van der Waals surface area contributed by atoms with Gasteiger partial charge in [-0.15, -0.1) is 0 Å². The summed E-state index contributed by atoms with van der Waals surface area (Å²) in [5.74, 6) is 5.58. The first-order valence-electron chi connectivity index (χ1n) is 4.66. The van der Waals surface area contributed by atoms with E-state index in [9.17, 15) is 4.79 Å². The summed E-state index contributed by atoms with van der Waals surface area (Å²) < 4.78 is 0. The molecular weight excluding hydrogens is 208 g/mol. The highest BCUT2D eigenvalue weighted by Crippen LogP contribution is 2.06. The summed E-state index contributed by atoms with van der Waals surface area (Å²) in [5.41, 5.74) is 3.71. The van der Waals surface area contributed by atoms with Gasteiger partial charge in [0, 0.05) is 5.56 Å². The Kier molecular flexibility index (Phi) is 4.93. The molecule has 0 atom stereocenters. The van der Waals surface area contributed by atoms with Crippen molar-refractivity contribution in [2.75, 3.05) is 5.75 Å². The van der Waals surface area contributed by atoms with Crippen molar-refractivity contribution in [3.63, 3.8) is 0 Å². The maximum Gasteiger partial charge on any atom is 0.265 e. The lowest BCUT2D eigenvalue weighted by Crippen LogP contribution is -2.29. The van der Waals surface area contributed by atoms with Crippen LogP contribution in [0.4, 0.5) is 0 Å². The molecule has 1 aromatic rings. The normalized spacial score (nSPS) is 10.5. The predicted octanol–water partition coefficient (Wildman–Crippen LogP) is 1.62. The summed E-state index contributed by atoms with van der Waals surface area (Å²) >= 11 is 4.10. The molecule has 1 amide bonds. The van der Waals surface area contributed by atoms with Crippen LogP contribution in [0.1, 0.15) is 22.3 Å². The Morgan fingerprint density at radius 3 is 2.60 bits per heavy atom. The van der Waals surface area contributed by atoms with Gasteiger partial charge in [-0.2, -0.15) is 12.6 Å². The van der Waals surface area contributed by atoms with Gasteiger partial charge in [0.15, 0.2) is 0 Å². The molecule has 1 aromatic carbocycles. The summed E-state index contributed by atoms with van der Waals surface area (Å²) in [4.78, 5) is 11.1. The Balaban J connectivity index is 2.68. The van der Waals surface area contributed by atoms with E-state index in [1.807, 2.05) is 24.3 Å². The van der Waals surface area contributed by atoms with Crippen LogP contribution in [0, 0.1) is 0 Å². The number of allylic oxidation sites excluding steroid dienone is 1. The summed E-state index contributed by atoms with van der Waals surface area (Å²) in [7, 11) is 0. The summed E-state index contributed by atoms with van der Waals surface area (Å²) in [6, 6.07) is 7.23. The number of carbonyl (C=O) groups is 1. The topological polar surface area (TPSA) is 55.1 Å². The van der Waals surface area contributed by atoms with Gasteiger partial charge in [-0.25, -0.2) is 5.84 Å². The van der Waals surface area contributed by atoms with Crippen LogP contribution >= 0.6 is 12.6 Å². The fourth-order valence-corrected chi connectivity index (χ4v) is 1.27. The van der Waals surface area contributed by atoms with E-state index < -0.39 is 0 Å². The predicted molar refractivity (Wildman–Crippen MR) is 65.6 cm³/mol. The number of benzene rings is 1. The van der Waals surface area contributed by atoms with Gasteiger partial charge in [-0.05, 0) is 29.9 Å². The average molecular weight is 222 g/mol. The first-order chi connectivity index (χ1) is 7.27. The Morgan fingerprint density at radius 2 is 2.07 bits per heavy atom. The van der Waals surface area contributed by atoms with Crippen molar-refractivity contribution >= 4 is 24.6 Å². The number of hydrogen-bond donors (Lipinski definition) is 3. The van der Waals surface area contributed by atoms with Gasteiger partial charge in [0.2, 0.25) is 0 Å². The van der Waals surface area contributed by atoms with Gasteiger partial charge in [0.1, 0.15) is 0 Å². The van der Waals surface area contributed by atoms with Gasteiger partial charge in [-0.1, -0.05) is 24.3 Å². The number of nitrogen functional groups attached to an aromatic ring is 1. The minimum atomic E-state index is -0.277. The number of nitrogens with two attached hydrogens (primary N) is 1. The van der Waals surface area contributed by atoms with Gasteiger partial charge in [-0.3, -0.25) is 10.2 Å². The molecule has 0 aliphatic rings. The smallest absolute Gasteiger partial charge is 0.265 e. The minimum absolute atomic E-state index is 0.277. The van der Waals surface area contributed by atoms with Crippen LogP contribution in [0.25, 0.3) is 6.08 Å². The lowest BCUT2D eigenvalue weighted by molar-refractivity contribution is 0.0953. The highest BCUT2D eigenvalue weighted by atomic mass is 32.1. The number of thiol groups is 1. The number of rotatable bonds is 4. The first kappa shape index (κ1) is 11.8. The maximum atomic E-state index is 11.1. The largest absolute Gasteiger partial charge is 0.290 e. The van der Waals surface area contributed by atoms with Crippen LogP contribution in [-0.2, 0) is 0 Å². The van der Waals surface area contributed by atoms with Crippen molar-refractivity contribution in [2.45, 2.75) is 6.42 Å². The van der Waals surface area contributed by atoms with E-state index in [1.54, 1.807) is 12.1 Å². The van der Waals surface area contributed by atoms with Crippen LogP contribution in [0.2, 0.25) is 0 Å². The fraction of sp³-hybridized carbons (Fsp3) is 0.182. The third kappa shape index (κ3) is 3.77. The molecule has 0 aliphatic heterocycles. The third-order valence-corrected chi connectivity index (χ3v) is 2.17. The van der Waals surface area contributed by atoms with Gasteiger partial charge in [0.05, 0.1) is 0 Å². The van der Waals surface area contributed by atoms with E-state index in [4.69, 9.17) is 5.84 Å². The zero-order valence-corrected chi connectivity index (χ0v) is 9.21. The molecular formula is C11H14N2OS. The molecule has 0 fully saturated rings. The highest BCUT2D eigenvalue weighted by Gasteiger charge is 2.00. The van der Waals surface area contributed by atoms with E-state index in [-0.39, 0.29) is 5.91 Å². The van der Waals surface area contributed by atoms with E-state index in [2.05, 4.69) is 18.1 Å². The number of amides is 1.